The fourth-order valence-electron chi connectivity index (χ4n) is 4.07. The van der Waals surface area contributed by atoms with Gasteiger partial charge in [-0.2, -0.15) is 4.31 Å². The van der Waals surface area contributed by atoms with E-state index >= 15 is 0 Å². The molecule has 1 aromatic heterocycles. The Bertz CT molecular complexity index is 1280. The summed E-state index contributed by atoms with van der Waals surface area (Å²) in [5, 5.41) is 9.97. The Balaban J connectivity index is 1.56. The highest BCUT2D eigenvalue weighted by atomic mass is 35.5. The quantitative estimate of drug-likeness (QED) is 0.507. The van der Waals surface area contributed by atoms with Crippen LogP contribution in [0.3, 0.4) is 0 Å². The van der Waals surface area contributed by atoms with Gasteiger partial charge in [-0.3, -0.25) is 0 Å². The maximum absolute atomic E-state index is 13.1. The predicted molar refractivity (Wildman–Crippen MR) is 125 cm³/mol. The number of esters is 1. The number of nitrogens with zero attached hydrogens (tertiary/aromatic N) is 3. The Kier molecular flexibility index (Phi) is 7.04. The topological polar surface area (TPSA) is 102 Å². The van der Waals surface area contributed by atoms with E-state index in [1.54, 1.807) is 41.8 Å². The summed E-state index contributed by atoms with van der Waals surface area (Å²) < 4.78 is 35.0. The lowest BCUT2D eigenvalue weighted by atomic mass is 10.1. The van der Waals surface area contributed by atoms with Crippen LogP contribution in [0.5, 0.6) is 0 Å². The Labute approximate surface area is 197 Å². The number of aryl methyl sites for hydroxylation is 1. The molecule has 0 unspecified atom stereocenters. The third-order valence-electron chi connectivity index (χ3n) is 5.80. The van der Waals surface area contributed by atoms with Gasteiger partial charge in [0.2, 0.25) is 10.0 Å². The van der Waals surface area contributed by atoms with Gasteiger partial charge in [0.1, 0.15) is 12.4 Å². The van der Waals surface area contributed by atoms with E-state index in [9.17, 15) is 18.3 Å². The largest absolute Gasteiger partial charge is 0.454 e. The first-order valence-electron chi connectivity index (χ1n) is 10.8. The molecule has 2 aromatic carbocycles. The molecule has 0 spiro atoms. The number of carbonyl (C=O) groups is 1. The monoisotopic (exact) mass is 491 g/mol. The minimum Gasteiger partial charge on any atom is -0.454 e. The predicted octanol–water partition coefficient (Wildman–Crippen LogP) is 3.52. The van der Waals surface area contributed by atoms with Gasteiger partial charge in [-0.25, -0.2) is 18.2 Å². The van der Waals surface area contributed by atoms with Crippen LogP contribution in [-0.2, 0) is 27.9 Å². The Morgan fingerprint density at radius 3 is 2.64 bits per heavy atom. The molecule has 1 N–H and O–H groups in total. The summed E-state index contributed by atoms with van der Waals surface area (Å²) >= 11 is 6.09. The third-order valence-corrected chi connectivity index (χ3v) is 8.08. The lowest BCUT2D eigenvalue weighted by Gasteiger charge is -2.26. The number of halogens is 1. The molecule has 0 saturated carbocycles. The van der Waals surface area contributed by atoms with Gasteiger partial charge >= 0.3 is 5.97 Å². The number of sulfonamides is 1. The lowest BCUT2D eigenvalue weighted by Crippen LogP contribution is -2.36. The Hall–Kier alpha value is -2.46. The lowest BCUT2D eigenvalue weighted by molar-refractivity contribution is 0.0457. The highest BCUT2D eigenvalue weighted by Crippen LogP contribution is 2.25. The second-order valence-corrected chi connectivity index (χ2v) is 10.4. The average molecular weight is 492 g/mol. The van der Waals surface area contributed by atoms with Crippen LogP contribution in [0.4, 0.5) is 0 Å². The number of piperidine rings is 1. The summed E-state index contributed by atoms with van der Waals surface area (Å²) in [5.74, 6) is -0.186. The van der Waals surface area contributed by atoms with Gasteiger partial charge in [-0.15, -0.1) is 0 Å². The maximum Gasteiger partial charge on any atom is 0.338 e. The number of fused-ring (bicyclic) bond motifs is 1. The molecule has 1 saturated heterocycles. The number of carbonyl (C=O) groups excluding carboxylic acids is 1. The van der Waals surface area contributed by atoms with E-state index in [-0.39, 0.29) is 30.2 Å². The summed E-state index contributed by atoms with van der Waals surface area (Å²) in [5.41, 5.74) is 2.14. The molecule has 0 bridgehead atoms. The molecule has 0 aliphatic carbocycles. The van der Waals surface area contributed by atoms with Crippen molar-refractivity contribution in [1.29, 1.82) is 0 Å². The van der Waals surface area contributed by atoms with Crippen LogP contribution in [0.2, 0.25) is 5.02 Å². The summed E-state index contributed by atoms with van der Waals surface area (Å²) in [6, 6.07) is 9.78. The van der Waals surface area contributed by atoms with Crippen LogP contribution in [0, 0.1) is 6.92 Å². The van der Waals surface area contributed by atoms with Gasteiger partial charge in [0.15, 0.2) is 0 Å². The fraction of sp³-hybridized carbons (Fsp3) is 0.391. The van der Waals surface area contributed by atoms with Gasteiger partial charge in [-0.05, 0) is 55.7 Å². The molecule has 4 rings (SSSR count). The molecule has 8 nitrogen and oxygen atoms in total. The Morgan fingerprint density at radius 1 is 1.15 bits per heavy atom. The van der Waals surface area contributed by atoms with Crippen LogP contribution in [0.25, 0.3) is 11.0 Å². The second kappa shape index (κ2) is 9.80. The summed E-state index contributed by atoms with van der Waals surface area (Å²) in [6.07, 6.45) is 2.69. The van der Waals surface area contributed by atoms with Crippen molar-refractivity contribution in [2.45, 2.75) is 44.2 Å². The summed E-state index contributed by atoms with van der Waals surface area (Å²) in [6.45, 7) is 2.71. The molecule has 1 aliphatic heterocycles. The highest BCUT2D eigenvalue weighted by Gasteiger charge is 2.28. The first-order chi connectivity index (χ1) is 15.8. The number of hydrogen-bond acceptors (Lipinski definition) is 6. The van der Waals surface area contributed by atoms with E-state index < -0.39 is 16.0 Å². The zero-order valence-electron chi connectivity index (χ0n) is 18.3. The number of aromatic nitrogens is 2. The van der Waals surface area contributed by atoms with Gasteiger partial charge < -0.3 is 14.4 Å². The maximum atomic E-state index is 13.1. The summed E-state index contributed by atoms with van der Waals surface area (Å²) in [7, 11) is -3.68. The van der Waals surface area contributed by atoms with Gasteiger partial charge in [0, 0.05) is 24.7 Å². The molecule has 0 radical (unpaired) electrons. The second-order valence-electron chi connectivity index (χ2n) is 8.06. The van der Waals surface area contributed by atoms with Crippen molar-refractivity contribution in [2.24, 2.45) is 0 Å². The van der Waals surface area contributed by atoms with E-state index in [2.05, 4.69) is 4.98 Å². The van der Waals surface area contributed by atoms with Gasteiger partial charge in [0.05, 0.1) is 28.1 Å². The fourth-order valence-corrected chi connectivity index (χ4v) is 6.00. The number of imidazole rings is 1. The molecule has 1 fully saturated rings. The number of hydrogen-bond donors (Lipinski definition) is 1. The van der Waals surface area contributed by atoms with Crippen LogP contribution in [-0.4, -0.2) is 53.0 Å². The van der Waals surface area contributed by atoms with E-state index in [1.807, 2.05) is 0 Å². The summed E-state index contributed by atoms with van der Waals surface area (Å²) in [4.78, 5) is 17.4. The minimum atomic E-state index is -3.68. The van der Waals surface area contributed by atoms with E-state index in [0.29, 0.717) is 35.0 Å². The van der Waals surface area contributed by atoms with E-state index in [4.69, 9.17) is 16.3 Å². The molecular formula is C23H26ClN3O5S. The molecule has 2 heterocycles. The van der Waals surface area contributed by atoms with Crippen LogP contribution < -0.4 is 0 Å². The third kappa shape index (κ3) is 4.91. The molecule has 1 aliphatic rings. The highest BCUT2D eigenvalue weighted by molar-refractivity contribution is 7.89. The van der Waals surface area contributed by atoms with Crippen molar-refractivity contribution < 1.29 is 23.1 Å². The molecular weight excluding hydrogens is 466 g/mol. The molecule has 3 aromatic rings. The van der Waals surface area contributed by atoms with Gasteiger partial charge in [0.25, 0.3) is 0 Å². The minimum absolute atomic E-state index is 0.116. The molecule has 176 valence electrons. The van der Waals surface area contributed by atoms with Crippen molar-refractivity contribution in [3.05, 3.63) is 58.4 Å². The average Bonchev–Trinajstić information content (AvgIpc) is 3.15. The van der Waals surface area contributed by atoms with Crippen molar-refractivity contribution in [2.75, 3.05) is 19.7 Å². The number of rotatable bonds is 7. The smallest absolute Gasteiger partial charge is 0.338 e. The van der Waals surface area contributed by atoms with Crippen LogP contribution in [0.1, 0.15) is 41.0 Å². The van der Waals surface area contributed by atoms with Crippen molar-refractivity contribution in [3.8, 4) is 0 Å². The van der Waals surface area contributed by atoms with Crippen molar-refractivity contribution in [3.63, 3.8) is 0 Å². The number of benzene rings is 2. The van der Waals surface area contributed by atoms with Crippen molar-refractivity contribution >= 4 is 38.6 Å². The van der Waals surface area contributed by atoms with E-state index in [1.165, 1.54) is 10.4 Å². The zero-order chi connectivity index (χ0) is 23.6. The van der Waals surface area contributed by atoms with Crippen LogP contribution in [0.15, 0.2) is 41.3 Å². The first-order valence-corrected chi connectivity index (χ1v) is 12.7. The zero-order valence-corrected chi connectivity index (χ0v) is 19.9. The standard InChI is InChI=1S/C23H26ClN3O5S/c1-16-5-6-17(13-21(16)33(30,31)26-9-3-2-4-10-26)23(29)32-15-22-25-19-8-7-18(24)14-20(19)27(22)11-12-28/h5-8,13-14,28H,2-4,9-12,15H2,1H3. The van der Waals surface area contributed by atoms with Crippen LogP contribution >= 0.6 is 11.6 Å². The normalized spacial score (nSPS) is 15.1. The molecule has 0 atom stereocenters. The molecule has 33 heavy (non-hydrogen) atoms. The number of ether oxygens (including phenoxy) is 1. The van der Waals surface area contributed by atoms with Gasteiger partial charge in [-0.1, -0.05) is 24.1 Å². The Morgan fingerprint density at radius 2 is 1.91 bits per heavy atom. The number of aliphatic hydroxyl groups excluding tert-OH is 1. The first kappa shape index (κ1) is 23.7. The van der Waals surface area contributed by atoms with Crippen molar-refractivity contribution in [1.82, 2.24) is 13.9 Å². The molecule has 0 amide bonds. The van der Waals surface area contributed by atoms with E-state index in [0.717, 1.165) is 24.8 Å². The molecule has 10 heteroatoms. The number of aliphatic hydroxyl groups is 1. The SMILES string of the molecule is Cc1ccc(C(=O)OCc2nc3ccc(Cl)cc3n2CCO)cc1S(=O)(=O)N1CCCCC1.